The van der Waals surface area contributed by atoms with E-state index >= 15 is 0 Å². The van der Waals surface area contributed by atoms with Crippen LogP contribution in [-0.2, 0) is 5.41 Å². The van der Waals surface area contributed by atoms with Crippen LogP contribution < -0.4 is 9.47 Å². The second-order valence-electron chi connectivity index (χ2n) is 7.02. The number of benzene rings is 1. The van der Waals surface area contributed by atoms with E-state index in [0.717, 1.165) is 22.4 Å². The summed E-state index contributed by atoms with van der Waals surface area (Å²) in [6.07, 6.45) is 1.16. The van der Waals surface area contributed by atoms with Crippen LogP contribution in [0.2, 0.25) is 0 Å². The van der Waals surface area contributed by atoms with Crippen molar-refractivity contribution in [2.45, 2.75) is 43.9 Å². The molecule has 0 aromatic heterocycles. The smallest absolute Gasteiger partial charge is 0.165 e. The number of rotatable bonds is 4. The SMILES string of the molecule is C=C[C@@H](O)C[C@@H]1Oc2c(OC)cc(C)c3c2C1(C)CN(C)C3C#N. The van der Waals surface area contributed by atoms with Crippen LogP contribution in [-0.4, -0.2) is 42.9 Å². The van der Waals surface area contributed by atoms with Crippen molar-refractivity contribution >= 4 is 0 Å². The molecule has 2 heterocycles. The van der Waals surface area contributed by atoms with Gasteiger partial charge in [0.15, 0.2) is 11.5 Å². The number of aryl methyl sites for hydroxylation is 1. The normalized spacial score (nSPS) is 29.3. The first-order valence-corrected chi connectivity index (χ1v) is 8.16. The van der Waals surface area contributed by atoms with Crippen LogP contribution in [0.5, 0.6) is 11.5 Å². The van der Waals surface area contributed by atoms with Gasteiger partial charge in [-0.2, -0.15) is 5.26 Å². The number of nitriles is 1. The van der Waals surface area contributed by atoms with Crippen molar-refractivity contribution in [2.24, 2.45) is 0 Å². The number of hydrogen-bond donors (Lipinski definition) is 1. The molecule has 0 aliphatic carbocycles. The average molecular weight is 328 g/mol. The van der Waals surface area contributed by atoms with Crippen LogP contribution in [0.4, 0.5) is 0 Å². The first kappa shape index (κ1) is 16.8. The van der Waals surface area contributed by atoms with Gasteiger partial charge in [-0.3, -0.25) is 4.90 Å². The predicted octanol–water partition coefficient (Wildman–Crippen LogP) is 2.47. The molecule has 0 radical (unpaired) electrons. The van der Waals surface area contributed by atoms with E-state index in [1.165, 1.54) is 6.08 Å². The summed E-state index contributed by atoms with van der Waals surface area (Å²) < 4.78 is 11.8. The summed E-state index contributed by atoms with van der Waals surface area (Å²) in [6, 6.07) is 4.05. The Bertz CT molecular complexity index is 724. The lowest BCUT2D eigenvalue weighted by atomic mass is 9.70. The van der Waals surface area contributed by atoms with Gasteiger partial charge in [-0.1, -0.05) is 13.0 Å². The molecule has 1 N–H and O–H groups in total. The van der Waals surface area contributed by atoms with Crippen LogP contribution in [0, 0.1) is 18.3 Å². The van der Waals surface area contributed by atoms with E-state index in [2.05, 4.69) is 24.5 Å². The van der Waals surface area contributed by atoms with E-state index in [1.54, 1.807) is 7.11 Å². The van der Waals surface area contributed by atoms with E-state index in [1.807, 2.05) is 20.0 Å². The third-order valence-corrected chi connectivity index (χ3v) is 5.40. The van der Waals surface area contributed by atoms with Gasteiger partial charge in [-0.25, -0.2) is 0 Å². The van der Waals surface area contributed by atoms with Crippen molar-refractivity contribution in [2.75, 3.05) is 20.7 Å². The minimum atomic E-state index is -0.629. The van der Waals surface area contributed by atoms with Crippen LogP contribution in [0.15, 0.2) is 18.7 Å². The summed E-state index contributed by atoms with van der Waals surface area (Å²) in [7, 11) is 3.59. The van der Waals surface area contributed by atoms with E-state index in [4.69, 9.17) is 9.47 Å². The molecule has 1 aromatic rings. The van der Waals surface area contributed by atoms with E-state index < -0.39 is 6.10 Å². The van der Waals surface area contributed by atoms with E-state index in [-0.39, 0.29) is 17.6 Å². The summed E-state index contributed by atoms with van der Waals surface area (Å²) in [5.41, 5.74) is 2.80. The highest BCUT2D eigenvalue weighted by atomic mass is 16.5. The van der Waals surface area contributed by atoms with E-state index in [9.17, 15) is 10.4 Å². The van der Waals surface area contributed by atoms with Gasteiger partial charge in [0.05, 0.1) is 19.3 Å². The highest BCUT2D eigenvalue weighted by Gasteiger charge is 2.53. The maximum atomic E-state index is 10.1. The van der Waals surface area contributed by atoms with Crippen molar-refractivity contribution in [3.63, 3.8) is 0 Å². The Kier molecular flexibility index (Phi) is 4.06. The van der Waals surface area contributed by atoms with Gasteiger partial charge in [0.1, 0.15) is 12.1 Å². The Morgan fingerprint density at radius 1 is 1.67 bits per heavy atom. The van der Waals surface area contributed by atoms with Gasteiger partial charge in [-0.05, 0) is 31.2 Å². The molecule has 0 fully saturated rings. The fourth-order valence-electron chi connectivity index (χ4n) is 4.20. The quantitative estimate of drug-likeness (QED) is 0.860. The lowest BCUT2D eigenvalue weighted by molar-refractivity contribution is 0.0657. The zero-order valence-electron chi connectivity index (χ0n) is 14.7. The summed E-state index contributed by atoms with van der Waals surface area (Å²) in [6.45, 7) is 8.50. The summed E-state index contributed by atoms with van der Waals surface area (Å²) >= 11 is 0. The van der Waals surface area contributed by atoms with Crippen molar-refractivity contribution in [1.29, 1.82) is 5.26 Å². The molecule has 4 atom stereocenters. The second-order valence-corrected chi connectivity index (χ2v) is 7.02. The van der Waals surface area contributed by atoms with Crippen molar-refractivity contribution in [3.05, 3.63) is 35.4 Å². The highest BCUT2D eigenvalue weighted by Crippen LogP contribution is 2.56. The molecule has 3 rings (SSSR count). The largest absolute Gasteiger partial charge is 0.493 e. The molecule has 0 saturated carbocycles. The standard InChI is InChI=1S/C19H24N2O3/c1-6-12(22)8-15-19(3)10-21(4)13(9-20)16-11(2)7-14(23-5)18(24-15)17(16)19/h6-7,12-13,15,22H,1,8,10H2,2-5H3/t12-,13?,15+,19?/m1/s1. The molecule has 5 nitrogen and oxygen atoms in total. The number of hydrogen-bond acceptors (Lipinski definition) is 5. The number of nitrogens with zero attached hydrogens (tertiary/aromatic N) is 2. The minimum absolute atomic E-state index is 0.197. The lowest BCUT2D eigenvalue weighted by Crippen LogP contribution is -2.50. The van der Waals surface area contributed by atoms with Gasteiger partial charge < -0.3 is 14.6 Å². The highest BCUT2D eigenvalue weighted by molar-refractivity contribution is 5.63. The van der Waals surface area contributed by atoms with Crippen molar-refractivity contribution < 1.29 is 14.6 Å². The molecule has 1 aromatic carbocycles. The Labute approximate surface area is 143 Å². The molecule has 24 heavy (non-hydrogen) atoms. The predicted molar refractivity (Wildman–Crippen MR) is 91.3 cm³/mol. The Balaban J connectivity index is 2.22. The molecular weight excluding hydrogens is 304 g/mol. The minimum Gasteiger partial charge on any atom is -0.493 e. The second kappa shape index (κ2) is 5.80. The number of methoxy groups -OCH3 is 1. The molecule has 5 heteroatoms. The molecule has 0 saturated heterocycles. The van der Waals surface area contributed by atoms with Crippen LogP contribution in [0.25, 0.3) is 0 Å². The molecule has 0 bridgehead atoms. The van der Waals surface area contributed by atoms with Crippen LogP contribution in [0.3, 0.4) is 0 Å². The molecule has 0 amide bonds. The fraction of sp³-hybridized carbons (Fsp3) is 0.526. The van der Waals surface area contributed by atoms with Gasteiger partial charge in [0.25, 0.3) is 0 Å². The zero-order chi connectivity index (χ0) is 17.6. The number of likely N-dealkylation sites (N-methyl/N-ethyl adjacent to an activating group) is 1. The number of ether oxygens (including phenoxy) is 2. The topological polar surface area (TPSA) is 65.7 Å². The summed E-state index contributed by atoms with van der Waals surface area (Å²) in [5.74, 6) is 1.41. The molecule has 0 spiro atoms. The molecule has 2 aliphatic heterocycles. The van der Waals surface area contributed by atoms with Crippen LogP contribution in [0.1, 0.15) is 36.1 Å². The maximum absolute atomic E-state index is 10.1. The summed E-state index contributed by atoms with van der Waals surface area (Å²) in [5, 5.41) is 19.7. The van der Waals surface area contributed by atoms with Gasteiger partial charge >= 0.3 is 0 Å². The molecule has 128 valence electrons. The average Bonchev–Trinajstić information content (AvgIpc) is 2.82. The zero-order valence-corrected chi connectivity index (χ0v) is 14.7. The lowest BCUT2D eigenvalue weighted by Gasteiger charge is -2.42. The third kappa shape index (κ3) is 2.21. The van der Waals surface area contributed by atoms with Gasteiger partial charge in [0.2, 0.25) is 0 Å². The Morgan fingerprint density at radius 3 is 2.96 bits per heavy atom. The van der Waals surface area contributed by atoms with Gasteiger partial charge in [0, 0.05) is 23.9 Å². The van der Waals surface area contributed by atoms with Crippen molar-refractivity contribution in [1.82, 2.24) is 4.90 Å². The number of aliphatic hydroxyl groups is 1. The fourth-order valence-corrected chi connectivity index (χ4v) is 4.20. The molecule has 2 unspecified atom stereocenters. The van der Waals surface area contributed by atoms with E-state index in [0.29, 0.717) is 18.7 Å². The summed E-state index contributed by atoms with van der Waals surface area (Å²) in [4.78, 5) is 2.06. The first-order valence-electron chi connectivity index (χ1n) is 8.16. The third-order valence-electron chi connectivity index (χ3n) is 5.40. The van der Waals surface area contributed by atoms with Crippen molar-refractivity contribution in [3.8, 4) is 17.6 Å². The number of aliphatic hydroxyl groups excluding tert-OH is 1. The maximum Gasteiger partial charge on any atom is 0.165 e. The molecule has 2 aliphatic rings. The first-order chi connectivity index (χ1) is 11.4. The Hall–Kier alpha value is -2.03. The Morgan fingerprint density at radius 2 is 2.38 bits per heavy atom. The monoisotopic (exact) mass is 328 g/mol. The van der Waals surface area contributed by atoms with Crippen LogP contribution >= 0.6 is 0 Å². The van der Waals surface area contributed by atoms with Gasteiger partial charge in [-0.15, -0.1) is 6.58 Å². The molecular formula is C19H24N2O3.